The van der Waals surface area contributed by atoms with Crippen LogP contribution in [0.1, 0.15) is 38.2 Å². The van der Waals surface area contributed by atoms with Gasteiger partial charge in [0, 0.05) is 27.9 Å². The molecule has 0 fully saturated rings. The van der Waals surface area contributed by atoms with Crippen LogP contribution in [0.2, 0.25) is 0 Å². The number of nitrogens with two attached hydrogens (primary N) is 1. The minimum Gasteiger partial charge on any atom is -0.384 e. The molecule has 0 radical (unpaired) electrons. The lowest BCUT2D eigenvalue weighted by Crippen LogP contribution is -2.42. The zero-order valence-corrected chi connectivity index (χ0v) is 21.0. The van der Waals surface area contributed by atoms with E-state index < -0.39 is 5.92 Å². The molecule has 1 aromatic heterocycles. The molecule has 1 atom stereocenters. The highest BCUT2D eigenvalue weighted by molar-refractivity contribution is 9.10. The van der Waals surface area contributed by atoms with Crippen LogP contribution in [-0.2, 0) is 4.79 Å². The number of anilines is 1. The number of nitriles is 1. The number of aromatic nitrogens is 2. The first-order chi connectivity index (χ1) is 15.3. The number of Topliss-reactive ketones (excluding diaryl/α,β-unsaturated/α-hetero) is 1. The van der Waals surface area contributed by atoms with Gasteiger partial charge in [-0.05, 0) is 23.5 Å². The highest BCUT2D eigenvalue weighted by Crippen LogP contribution is 2.51. The molecule has 2 aliphatic rings. The lowest BCUT2D eigenvalue weighted by molar-refractivity contribution is -0.118. The Morgan fingerprint density at radius 3 is 2.84 bits per heavy atom. The molecule has 1 unspecified atom stereocenters. The first-order valence-electron chi connectivity index (χ1n) is 10.0. The van der Waals surface area contributed by atoms with Crippen LogP contribution in [0.3, 0.4) is 0 Å². The van der Waals surface area contributed by atoms with Crippen molar-refractivity contribution in [2.75, 3.05) is 10.7 Å². The highest BCUT2D eigenvalue weighted by Gasteiger charge is 2.45. The Balaban J connectivity index is 1.94. The smallest absolute Gasteiger partial charge is 0.219 e. The maximum atomic E-state index is 13.5. The van der Waals surface area contributed by atoms with Crippen molar-refractivity contribution >= 4 is 49.9 Å². The van der Waals surface area contributed by atoms with Crippen molar-refractivity contribution in [1.82, 2.24) is 10.2 Å². The molecule has 4 rings (SSSR count). The van der Waals surface area contributed by atoms with Gasteiger partial charge in [0.2, 0.25) is 5.13 Å². The quantitative estimate of drug-likeness (QED) is 0.403. The van der Waals surface area contributed by atoms with E-state index in [1.165, 1.54) is 23.1 Å². The van der Waals surface area contributed by atoms with Gasteiger partial charge in [-0.15, -0.1) is 16.8 Å². The van der Waals surface area contributed by atoms with Gasteiger partial charge in [0.05, 0.1) is 17.6 Å². The van der Waals surface area contributed by atoms with Gasteiger partial charge in [-0.3, -0.25) is 9.69 Å². The summed E-state index contributed by atoms with van der Waals surface area (Å²) < 4.78 is 1.62. The number of hydrogen-bond acceptors (Lipinski definition) is 8. The number of allylic oxidation sites excluding steroid dienone is 3. The van der Waals surface area contributed by atoms with Crippen LogP contribution >= 0.6 is 39.0 Å². The largest absolute Gasteiger partial charge is 0.384 e. The van der Waals surface area contributed by atoms with Gasteiger partial charge in [-0.25, -0.2) is 0 Å². The predicted octanol–water partition coefficient (Wildman–Crippen LogP) is 5.52. The molecule has 2 heterocycles. The Hall–Kier alpha value is -2.41. The second kappa shape index (κ2) is 8.85. The van der Waals surface area contributed by atoms with Gasteiger partial charge in [-0.2, -0.15) is 5.26 Å². The van der Waals surface area contributed by atoms with E-state index in [1.54, 1.807) is 11.0 Å². The number of thioether (sulfide) groups is 1. The summed E-state index contributed by atoms with van der Waals surface area (Å²) in [7, 11) is 0. The van der Waals surface area contributed by atoms with Crippen LogP contribution in [0, 0.1) is 16.7 Å². The fourth-order valence-corrected chi connectivity index (χ4v) is 6.38. The molecule has 0 saturated carbocycles. The molecule has 0 bridgehead atoms. The lowest BCUT2D eigenvalue weighted by Gasteiger charge is -2.42. The lowest BCUT2D eigenvalue weighted by atomic mass is 9.69. The van der Waals surface area contributed by atoms with Crippen molar-refractivity contribution in [3.8, 4) is 6.07 Å². The zero-order valence-electron chi connectivity index (χ0n) is 17.8. The number of benzene rings is 1. The maximum Gasteiger partial charge on any atom is 0.219 e. The third-order valence-electron chi connectivity index (χ3n) is 5.51. The Labute approximate surface area is 204 Å². The summed E-state index contributed by atoms with van der Waals surface area (Å²) in [4.78, 5) is 15.3. The van der Waals surface area contributed by atoms with E-state index in [4.69, 9.17) is 5.73 Å². The summed E-state index contributed by atoms with van der Waals surface area (Å²) in [5.41, 5.74) is 9.03. The molecule has 32 heavy (non-hydrogen) atoms. The molecule has 0 amide bonds. The summed E-state index contributed by atoms with van der Waals surface area (Å²) in [6.07, 6.45) is 2.86. The first kappa shape index (κ1) is 22.8. The third kappa shape index (κ3) is 4.03. The van der Waals surface area contributed by atoms with Crippen LogP contribution in [0.25, 0.3) is 0 Å². The molecule has 1 aliphatic heterocycles. The van der Waals surface area contributed by atoms with E-state index >= 15 is 0 Å². The van der Waals surface area contributed by atoms with Crippen LogP contribution in [0.5, 0.6) is 0 Å². The number of nitrogens with zero attached hydrogens (tertiary/aromatic N) is 4. The van der Waals surface area contributed by atoms with E-state index in [0.29, 0.717) is 40.7 Å². The predicted molar refractivity (Wildman–Crippen MR) is 132 cm³/mol. The molecule has 1 aliphatic carbocycles. The van der Waals surface area contributed by atoms with Crippen molar-refractivity contribution in [2.24, 2.45) is 11.1 Å². The van der Waals surface area contributed by atoms with E-state index in [9.17, 15) is 10.1 Å². The number of carbonyl (C=O) groups is 1. The van der Waals surface area contributed by atoms with Crippen molar-refractivity contribution in [2.45, 2.75) is 36.9 Å². The SMILES string of the molecule is C=CCSc1nnc(N2C(N)=C(C#N)C(c3ccccc3Br)C3=C2CC(C)(C)CC3=O)s1. The Kier molecular flexibility index (Phi) is 6.30. The van der Waals surface area contributed by atoms with Gasteiger partial charge >= 0.3 is 0 Å². The summed E-state index contributed by atoms with van der Waals surface area (Å²) in [6.45, 7) is 7.89. The van der Waals surface area contributed by atoms with Gasteiger partial charge < -0.3 is 5.73 Å². The van der Waals surface area contributed by atoms with Crippen LogP contribution in [0.15, 0.2) is 68.4 Å². The van der Waals surface area contributed by atoms with Crippen molar-refractivity contribution in [3.05, 3.63) is 69.6 Å². The van der Waals surface area contributed by atoms with Gasteiger partial charge in [-0.1, -0.05) is 77.2 Å². The number of ketones is 1. The first-order valence-corrected chi connectivity index (χ1v) is 12.6. The Bertz CT molecular complexity index is 1210. The molecular weight excluding hydrogens is 506 g/mol. The van der Waals surface area contributed by atoms with E-state index in [1.807, 2.05) is 24.3 Å². The summed E-state index contributed by atoms with van der Waals surface area (Å²) in [5.74, 6) is 0.530. The third-order valence-corrected chi connectivity index (χ3v) is 8.27. The fourth-order valence-electron chi connectivity index (χ4n) is 4.23. The topological polar surface area (TPSA) is 95.9 Å². The molecule has 1 aromatic carbocycles. The Morgan fingerprint density at radius 2 is 2.16 bits per heavy atom. The fraction of sp³-hybridized carbons (Fsp3) is 0.304. The number of halogens is 1. The minimum atomic E-state index is -0.520. The van der Waals surface area contributed by atoms with Crippen molar-refractivity contribution < 1.29 is 4.79 Å². The average molecular weight is 529 g/mol. The molecule has 164 valence electrons. The normalized spacial score (nSPS) is 20.2. The highest BCUT2D eigenvalue weighted by atomic mass is 79.9. The molecular formula is C23H22BrN5OS2. The summed E-state index contributed by atoms with van der Waals surface area (Å²) >= 11 is 6.53. The van der Waals surface area contributed by atoms with E-state index in [-0.39, 0.29) is 11.2 Å². The van der Waals surface area contributed by atoms with E-state index in [0.717, 1.165) is 20.1 Å². The van der Waals surface area contributed by atoms with Crippen molar-refractivity contribution in [1.29, 1.82) is 5.26 Å². The Morgan fingerprint density at radius 1 is 1.41 bits per heavy atom. The van der Waals surface area contributed by atoms with Gasteiger partial charge in [0.15, 0.2) is 10.1 Å². The number of carbonyl (C=O) groups excluding carboxylic acids is 1. The number of hydrogen-bond donors (Lipinski definition) is 1. The molecule has 2 N–H and O–H groups in total. The monoisotopic (exact) mass is 527 g/mol. The number of rotatable bonds is 5. The zero-order chi connectivity index (χ0) is 23.0. The molecule has 0 saturated heterocycles. The van der Waals surface area contributed by atoms with Crippen molar-refractivity contribution in [3.63, 3.8) is 0 Å². The molecule has 9 heteroatoms. The second-order valence-electron chi connectivity index (χ2n) is 8.45. The van der Waals surface area contributed by atoms with Crippen LogP contribution in [0.4, 0.5) is 5.13 Å². The van der Waals surface area contributed by atoms with Gasteiger partial charge in [0.25, 0.3) is 0 Å². The molecule has 2 aromatic rings. The molecule has 6 nitrogen and oxygen atoms in total. The average Bonchev–Trinajstić information content (AvgIpc) is 3.19. The second-order valence-corrected chi connectivity index (χ2v) is 11.5. The van der Waals surface area contributed by atoms with Gasteiger partial charge in [0.1, 0.15) is 5.82 Å². The minimum absolute atomic E-state index is 0.0352. The standard InChI is InChI=1S/C23H22BrN5OS2/c1-4-9-31-22-28-27-21(32-22)29-16-10-23(2,3)11-17(30)19(16)18(14(12-25)20(29)26)13-7-5-6-8-15(13)24/h4-8,18H,1,9-11,26H2,2-3H3. The maximum absolute atomic E-state index is 13.5. The molecule has 0 spiro atoms. The van der Waals surface area contributed by atoms with Crippen LogP contribution in [-0.4, -0.2) is 21.7 Å². The summed E-state index contributed by atoms with van der Waals surface area (Å²) in [6, 6.07) is 9.95. The summed E-state index contributed by atoms with van der Waals surface area (Å²) in [5, 5.41) is 19.3. The van der Waals surface area contributed by atoms with E-state index in [2.05, 4.69) is 52.6 Å². The van der Waals surface area contributed by atoms with Crippen LogP contribution < -0.4 is 10.6 Å².